The molecule has 28 heavy (non-hydrogen) atoms. The molecule has 1 aliphatic heterocycles. The van der Waals surface area contributed by atoms with Crippen molar-refractivity contribution in [3.05, 3.63) is 63.7 Å². The lowest BCUT2D eigenvalue weighted by atomic mass is 9.80. The molecule has 3 nitrogen and oxygen atoms in total. The first kappa shape index (κ1) is 19.0. The second-order valence-corrected chi connectivity index (χ2v) is 9.20. The van der Waals surface area contributed by atoms with Crippen LogP contribution in [-0.2, 0) is 6.42 Å². The molecule has 0 radical (unpaired) electrons. The number of hydrogen-bond donors (Lipinski definition) is 1. The van der Waals surface area contributed by atoms with Gasteiger partial charge < -0.3 is 9.84 Å². The molecule has 0 amide bonds. The molecule has 1 aromatic carbocycles. The fourth-order valence-corrected chi connectivity index (χ4v) is 5.28. The lowest BCUT2D eigenvalue weighted by Crippen LogP contribution is -2.41. The van der Waals surface area contributed by atoms with E-state index in [9.17, 15) is 5.11 Å². The Bertz CT molecular complexity index is 1020. The largest absolute Gasteiger partial charge is 0.507 e. The van der Waals surface area contributed by atoms with E-state index in [1.165, 1.54) is 9.75 Å². The molecule has 0 aliphatic carbocycles. The number of hydrogen-bond acceptors (Lipinski definition) is 4. The molecule has 2 atom stereocenters. The van der Waals surface area contributed by atoms with Gasteiger partial charge in [-0.25, -0.2) is 0 Å². The number of aromatic nitrogens is 1. The topological polar surface area (TPSA) is 42.4 Å². The van der Waals surface area contributed by atoms with Crippen LogP contribution in [0.4, 0.5) is 0 Å². The molecule has 1 aliphatic rings. The molecule has 0 bridgehead atoms. The maximum atomic E-state index is 10.4. The van der Waals surface area contributed by atoms with Crippen molar-refractivity contribution < 1.29 is 9.84 Å². The zero-order valence-corrected chi connectivity index (χ0v) is 18.0. The van der Waals surface area contributed by atoms with Gasteiger partial charge in [0.1, 0.15) is 17.1 Å². The van der Waals surface area contributed by atoms with E-state index < -0.39 is 0 Å². The van der Waals surface area contributed by atoms with Crippen molar-refractivity contribution >= 4 is 11.3 Å². The van der Waals surface area contributed by atoms with Crippen molar-refractivity contribution in [1.82, 2.24) is 4.98 Å². The average Bonchev–Trinajstić information content (AvgIpc) is 3.21. The first-order valence-electron chi connectivity index (χ1n) is 9.83. The van der Waals surface area contributed by atoms with Crippen LogP contribution in [0.3, 0.4) is 0 Å². The Morgan fingerprint density at radius 3 is 2.61 bits per heavy atom. The summed E-state index contributed by atoms with van der Waals surface area (Å²) in [7, 11) is 0. The summed E-state index contributed by atoms with van der Waals surface area (Å²) in [5.41, 5.74) is 4.83. The second-order valence-electron chi connectivity index (χ2n) is 8.08. The van der Waals surface area contributed by atoms with Gasteiger partial charge in [0.05, 0.1) is 10.6 Å². The highest BCUT2D eigenvalue weighted by Crippen LogP contribution is 2.48. The first-order valence-corrected chi connectivity index (χ1v) is 10.6. The quantitative estimate of drug-likeness (QED) is 0.565. The maximum absolute atomic E-state index is 10.4. The van der Waals surface area contributed by atoms with E-state index in [0.29, 0.717) is 5.75 Å². The zero-order valence-electron chi connectivity index (χ0n) is 17.2. The second kappa shape index (κ2) is 6.93. The Kier molecular flexibility index (Phi) is 4.70. The summed E-state index contributed by atoms with van der Waals surface area (Å²) >= 11 is 1.80. The fraction of sp³-hybridized carbons (Fsp3) is 0.375. The summed E-state index contributed by atoms with van der Waals surface area (Å²) in [5, 5.41) is 10.4. The molecule has 1 N–H and O–H groups in total. The summed E-state index contributed by atoms with van der Waals surface area (Å²) in [5.74, 6) is 1.64. The number of thiophene rings is 1. The van der Waals surface area contributed by atoms with Gasteiger partial charge in [0.15, 0.2) is 0 Å². The summed E-state index contributed by atoms with van der Waals surface area (Å²) in [6.45, 7) is 10.5. The van der Waals surface area contributed by atoms with Gasteiger partial charge in [-0.1, -0.05) is 13.0 Å². The van der Waals surface area contributed by atoms with E-state index in [4.69, 9.17) is 4.74 Å². The molecule has 146 valence electrons. The minimum absolute atomic E-state index is 0.261. The number of ether oxygens (including phenoxy) is 1. The van der Waals surface area contributed by atoms with Crippen molar-refractivity contribution in [1.29, 1.82) is 0 Å². The van der Waals surface area contributed by atoms with Gasteiger partial charge in [0.25, 0.3) is 0 Å². The van der Waals surface area contributed by atoms with E-state index in [-0.39, 0.29) is 11.5 Å². The Balaban J connectivity index is 1.66. The van der Waals surface area contributed by atoms with E-state index >= 15 is 0 Å². The maximum Gasteiger partial charge on any atom is 0.127 e. The molecule has 0 saturated heterocycles. The third-order valence-electron chi connectivity index (χ3n) is 6.43. The molecule has 3 heterocycles. The smallest absolute Gasteiger partial charge is 0.127 e. The minimum Gasteiger partial charge on any atom is -0.507 e. The van der Waals surface area contributed by atoms with Crippen LogP contribution >= 0.6 is 11.3 Å². The molecular weight excluding hydrogens is 366 g/mol. The molecule has 0 fully saturated rings. The lowest BCUT2D eigenvalue weighted by molar-refractivity contribution is 0.0418. The first-order chi connectivity index (χ1) is 13.3. The van der Waals surface area contributed by atoms with Crippen molar-refractivity contribution in [3.63, 3.8) is 0 Å². The molecule has 3 aromatic rings. The molecule has 4 heteroatoms. The number of pyridine rings is 1. The van der Waals surface area contributed by atoms with E-state index in [1.54, 1.807) is 11.3 Å². The molecule has 4 rings (SSSR count). The Morgan fingerprint density at radius 2 is 1.89 bits per heavy atom. The molecule has 2 aromatic heterocycles. The Morgan fingerprint density at radius 1 is 1.11 bits per heavy atom. The average molecular weight is 394 g/mol. The monoisotopic (exact) mass is 393 g/mol. The van der Waals surface area contributed by atoms with Crippen LogP contribution in [0.1, 0.15) is 53.3 Å². The van der Waals surface area contributed by atoms with Gasteiger partial charge in [-0.2, -0.15) is 0 Å². The van der Waals surface area contributed by atoms with Crippen LogP contribution in [0, 0.1) is 20.8 Å². The van der Waals surface area contributed by atoms with Crippen molar-refractivity contribution in [3.8, 4) is 22.1 Å². The minimum atomic E-state index is -0.278. The van der Waals surface area contributed by atoms with Gasteiger partial charge in [-0.15, -0.1) is 11.3 Å². The highest BCUT2D eigenvalue weighted by atomic mass is 32.1. The van der Waals surface area contributed by atoms with Crippen LogP contribution in [-0.4, -0.2) is 15.7 Å². The third-order valence-corrected chi connectivity index (χ3v) is 7.72. The van der Waals surface area contributed by atoms with E-state index in [0.717, 1.165) is 46.5 Å². The number of rotatable bonds is 3. The highest BCUT2D eigenvalue weighted by Gasteiger charge is 2.40. The molecule has 2 unspecified atom stereocenters. The van der Waals surface area contributed by atoms with Crippen LogP contribution in [0.15, 0.2) is 36.5 Å². The number of phenols is 1. The van der Waals surface area contributed by atoms with E-state index in [2.05, 4.69) is 37.0 Å². The van der Waals surface area contributed by atoms with Gasteiger partial charge in [0, 0.05) is 22.6 Å². The van der Waals surface area contributed by atoms with Gasteiger partial charge in [0.2, 0.25) is 0 Å². The molecule has 0 spiro atoms. The predicted octanol–water partition coefficient (Wildman–Crippen LogP) is 6.33. The predicted molar refractivity (Wildman–Crippen MR) is 116 cm³/mol. The van der Waals surface area contributed by atoms with Crippen molar-refractivity contribution in [2.75, 3.05) is 0 Å². The van der Waals surface area contributed by atoms with Gasteiger partial charge in [-0.05, 0) is 81.5 Å². The molecule has 0 saturated carbocycles. The number of fused-ring (bicyclic) bond motifs is 1. The highest BCUT2D eigenvalue weighted by molar-refractivity contribution is 7.15. The van der Waals surface area contributed by atoms with Crippen LogP contribution in [0.2, 0.25) is 0 Å². The van der Waals surface area contributed by atoms with Crippen LogP contribution < -0.4 is 4.74 Å². The van der Waals surface area contributed by atoms with Crippen molar-refractivity contribution in [2.24, 2.45) is 0 Å². The third kappa shape index (κ3) is 3.00. The lowest BCUT2D eigenvalue weighted by Gasteiger charge is -2.41. The Labute approximate surface area is 171 Å². The van der Waals surface area contributed by atoms with Gasteiger partial charge in [-0.3, -0.25) is 4.98 Å². The zero-order chi connectivity index (χ0) is 20.1. The standard InChI is InChI=1S/C24H27NO2S/c1-14-15(2)23-18(16(3)22(14)26)11-12-24(5,27-23)17(4)20-9-10-21(28-20)19-8-6-7-13-25-19/h6-10,13,17,26H,11-12H2,1-5H3. The SMILES string of the molecule is Cc1c(C)c2c(c(C)c1O)CCC(C)(C(C)c1ccc(-c3ccccn3)s1)O2. The van der Waals surface area contributed by atoms with E-state index in [1.807, 2.05) is 39.1 Å². The number of benzene rings is 1. The summed E-state index contributed by atoms with van der Waals surface area (Å²) in [4.78, 5) is 6.98. The normalized spacial score (nSPS) is 19.8. The van der Waals surface area contributed by atoms with Crippen molar-refractivity contribution in [2.45, 2.75) is 59.0 Å². The van der Waals surface area contributed by atoms with Crippen LogP contribution in [0.25, 0.3) is 10.6 Å². The molecular formula is C24H27NO2S. The van der Waals surface area contributed by atoms with Crippen LogP contribution in [0.5, 0.6) is 11.5 Å². The summed E-state index contributed by atoms with van der Waals surface area (Å²) in [6.07, 6.45) is 3.69. The summed E-state index contributed by atoms with van der Waals surface area (Å²) in [6, 6.07) is 10.4. The fourth-order valence-electron chi connectivity index (χ4n) is 4.10. The number of phenolic OH excluding ortho intramolecular Hbond substituents is 1. The Hall–Kier alpha value is -2.33. The number of nitrogens with zero attached hydrogens (tertiary/aromatic N) is 1. The summed E-state index contributed by atoms with van der Waals surface area (Å²) < 4.78 is 6.68. The van der Waals surface area contributed by atoms with Gasteiger partial charge >= 0.3 is 0 Å². The number of aromatic hydroxyl groups is 1.